The predicted molar refractivity (Wildman–Crippen MR) is 69.7 cm³/mol. The number of unbranched alkanes of at least 4 members (excludes halogenated alkanes) is 3. The van der Waals surface area contributed by atoms with E-state index < -0.39 is 0 Å². The molecule has 0 spiro atoms. The zero-order valence-corrected chi connectivity index (χ0v) is 10.7. The monoisotopic (exact) mass is 225 g/mol. The molecular weight excluding hydrogens is 198 g/mol. The van der Waals surface area contributed by atoms with E-state index in [0.29, 0.717) is 6.10 Å². The molecule has 94 valence electrons. The first-order chi connectivity index (χ1) is 7.88. The van der Waals surface area contributed by atoms with Gasteiger partial charge < -0.3 is 10.1 Å². The van der Waals surface area contributed by atoms with Crippen molar-refractivity contribution < 1.29 is 4.74 Å². The third-order valence-corrected chi connectivity index (χ3v) is 3.42. The standard InChI is InChI=1S/C14H27NO/c1-3-5-6-7-8-10-15-12-13-9-11-16-14(13)4-2/h3,13-15H,1,4-12H2,2H3. The Morgan fingerprint density at radius 1 is 1.38 bits per heavy atom. The maximum absolute atomic E-state index is 5.67. The van der Waals surface area contributed by atoms with Crippen molar-refractivity contribution in [1.82, 2.24) is 5.32 Å². The van der Waals surface area contributed by atoms with E-state index in [4.69, 9.17) is 4.74 Å². The molecule has 0 aromatic rings. The lowest BCUT2D eigenvalue weighted by atomic mass is 10.00. The van der Waals surface area contributed by atoms with Gasteiger partial charge in [0.05, 0.1) is 6.10 Å². The second-order valence-electron chi connectivity index (χ2n) is 4.71. The Hall–Kier alpha value is -0.340. The summed E-state index contributed by atoms with van der Waals surface area (Å²) in [7, 11) is 0. The van der Waals surface area contributed by atoms with Gasteiger partial charge in [-0.15, -0.1) is 6.58 Å². The van der Waals surface area contributed by atoms with Crippen molar-refractivity contribution in [2.24, 2.45) is 5.92 Å². The van der Waals surface area contributed by atoms with E-state index in [1.807, 2.05) is 6.08 Å². The van der Waals surface area contributed by atoms with E-state index in [2.05, 4.69) is 18.8 Å². The third-order valence-electron chi connectivity index (χ3n) is 3.42. The lowest BCUT2D eigenvalue weighted by molar-refractivity contribution is 0.0873. The minimum absolute atomic E-state index is 0.508. The minimum atomic E-state index is 0.508. The van der Waals surface area contributed by atoms with Gasteiger partial charge >= 0.3 is 0 Å². The summed E-state index contributed by atoms with van der Waals surface area (Å²) >= 11 is 0. The molecule has 0 radical (unpaired) electrons. The van der Waals surface area contributed by atoms with Crippen LogP contribution in [0.15, 0.2) is 12.7 Å². The molecule has 0 aliphatic carbocycles. The summed E-state index contributed by atoms with van der Waals surface area (Å²) in [6.07, 6.45) is 9.97. The molecule has 0 bridgehead atoms. The number of hydrogen-bond acceptors (Lipinski definition) is 2. The summed E-state index contributed by atoms with van der Waals surface area (Å²) in [4.78, 5) is 0. The highest BCUT2D eigenvalue weighted by Crippen LogP contribution is 2.22. The van der Waals surface area contributed by atoms with Gasteiger partial charge in [-0.25, -0.2) is 0 Å². The van der Waals surface area contributed by atoms with Gasteiger partial charge in [-0.1, -0.05) is 19.4 Å². The number of rotatable bonds is 9. The van der Waals surface area contributed by atoms with Gasteiger partial charge in [0.2, 0.25) is 0 Å². The Kier molecular flexibility index (Phi) is 7.52. The van der Waals surface area contributed by atoms with Gasteiger partial charge in [0.25, 0.3) is 0 Å². The summed E-state index contributed by atoms with van der Waals surface area (Å²) in [6, 6.07) is 0. The number of ether oxygens (including phenoxy) is 1. The molecule has 2 atom stereocenters. The van der Waals surface area contributed by atoms with Crippen LogP contribution in [0.1, 0.15) is 45.4 Å². The average molecular weight is 225 g/mol. The van der Waals surface area contributed by atoms with Crippen LogP contribution in [0.2, 0.25) is 0 Å². The van der Waals surface area contributed by atoms with E-state index in [1.165, 1.54) is 25.7 Å². The zero-order chi connectivity index (χ0) is 11.6. The van der Waals surface area contributed by atoms with Crippen LogP contribution in [0.4, 0.5) is 0 Å². The highest BCUT2D eigenvalue weighted by Gasteiger charge is 2.25. The van der Waals surface area contributed by atoms with Crippen molar-refractivity contribution in [3.05, 3.63) is 12.7 Å². The Morgan fingerprint density at radius 3 is 3.00 bits per heavy atom. The second-order valence-corrected chi connectivity index (χ2v) is 4.71. The molecule has 1 saturated heterocycles. The molecule has 1 N–H and O–H groups in total. The number of nitrogens with one attached hydrogen (secondary N) is 1. The Morgan fingerprint density at radius 2 is 2.25 bits per heavy atom. The van der Waals surface area contributed by atoms with Crippen molar-refractivity contribution in [1.29, 1.82) is 0 Å². The Labute approximate surface area is 100 Å². The first-order valence-corrected chi connectivity index (χ1v) is 6.81. The van der Waals surface area contributed by atoms with Crippen molar-refractivity contribution in [2.75, 3.05) is 19.7 Å². The molecule has 1 aliphatic rings. The van der Waals surface area contributed by atoms with Crippen LogP contribution in [0.5, 0.6) is 0 Å². The van der Waals surface area contributed by atoms with Crippen LogP contribution in [-0.4, -0.2) is 25.8 Å². The largest absolute Gasteiger partial charge is 0.378 e. The highest BCUT2D eigenvalue weighted by molar-refractivity contribution is 4.76. The molecule has 0 amide bonds. The maximum atomic E-state index is 5.67. The maximum Gasteiger partial charge on any atom is 0.0613 e. The summed E-state index contributed by atoms with van der Waals surface area (Å²) in [5.41, 5.74) is 0. The summed E-state index contributed by atoms with van der Waals surface area (Å²) in [5, 5.41) is 3.56. The van der Waals surface area contributed by atoms with Crippen LogP contribution in [-0.2, 0) is 4.74 Å². The Balaban J connectivity index is 1.92. The molecule has 2 heteroatoms. The van der Waals surface area contributed by atoms with E-state index in [1.54, 1.807) is 0 Å². The fraction of sp³-hybridized carbons (Fsp3) is 0.857. The normalized spacial score (nSPS) is 24.8. The van der Waals surface area contributed by atoms with E-state index >= 15 is 0 Å². The SMILES string of the molecule is C=CCCCCCNCC1CCOC1CC. The quantitative estimate of drug-likeness (QED) is 0.481. The predicted octanol–water partition coefficient (Wildman–Crippen LogP) is 3.14. The second kappa shape index (κ2) is 8.77. The molecule has 1 fully saturated rings. The van der Waals surface area contributed by atoms with E-state index in [9.17, 15) is 0 Å². The third kappa shape index (κ3) is 5.13. The number of hydrogen-bond donors (Lipinski definition) is 1. The fourth-order valence-electron chi connectivity index (χ4n) is 2.38. The molecule has 1 heterocycles. The van der Waals surface area contributed by atoms with Gasteiger partial charge in [0, 0.05) is 13.2 Å². The fourth-order valence-corrected chi connectivity index (χ4v) is 2.38. The summed E-state index contributed by atoms with van der Waals surface area (Å²) < 4.78 is 5.67. The van der Waals surface area contributed by atoms with Crippen molar-refractivity contribution >= 4 is 0 Å². The van der Waals surface area contributed by atoms with Crippen LogP contribution < -0.4 is 5.32 Å². The van der Waals surface area contributed by atoms with Gasteiger partial charge in [-0.2, -0.15) is 0 Å². The van der Waals surface area contributed by atoms with E-state index in [-0.39, 0.29) is 0 Å². The van der Waals surface area contributed by atoms with Gasteiger partial charge in [0.15, 0.2) is 0 Å². The van der Waals surface area contributed by atoms with Gasteiger partial charge in [-0.05, 0) is 44.6 Å². The van der Waals surface area contributed by atoms with Gasteiger partial charge in [0.1, 0.15) is 0 Å². The van der Waals surface area contributed by atoms with Crippen LogP contribution in [0.25, 0.3) is 0 Å². The summed E-state index contributed by atoms with van der Waals surface area (Å²) in [6.45, 7) is 9.21. The van der Waals surface area contributed by atoms with Crippen LogP contribution >= 0.6 is 0 Å². The molecule has 0 aromatic heterocycles. The molecule has 0 aromatic carbocycles. The first-order valence-electron chi connectivity index (χ1n) is 6.81. The topological polar surface area (TPSA) is 21.3 Å². The highest BCUT2D eigenvalue weighted by atomic mass is 16.5. The lowest BCUT2D eigenvalue weighted by Crippen LogP contribution is -2.28. The molecule has 1 aliphatic heterocycles. The molecule has 2 nitrogen and oxygen atoms in total. The van der Waals surface area contributed by atoms with Crippen molar-refractivity contribution in [3.8, 4) is 0 Å². The smallest absolute Gasteiger partial charge is 0.0613 e. The van der Waals surface area contributed by atoms with E-state index in [0.717, 1.165) is 38.5 Å². The molecule has 16 heavy (non-hydrogen) atoms. The van der Waals surface area contributed by atoms with Crippen molar-refractivity contribution in [2.45, 2.75) is 51.6 Å². The zero-order valence-electron chi connectivity index (χ0n) is 10.7. The van der Waals surface area contributed by atoms with Crippen molar-refractivity contribution in [3.63, 3.8) is 0 Å². The van der Waals surface area contributed by atoms with Crippen LogP contribution in [0, 0.1) is 5.92 Å². The molecule has 2 unspecified atom stereocenters. The first kappa shape index (κ1) is 13.7. The molecule has 0 saturated carbocycles. The number of allylic oxidation sites excluding steroid dienone is 1. The van der Waals surface area contributed by atoms with Gasteiger partial charge in [-0.3, -0.25) is 0 Å². The van der Waals surface area contributed by atoms with Crippen LogP contribution in [0.3, 0.4) is 0 Å². The Bertz CT molecular complexity index is 182. The molecule has 1 rings (SSSR count). The summed E-state index contributed by atoms with van der Waals surface area (Å²) in [5.74, 6) is 0.748. The minimum Gasteiger partial charge on any atom is -0.378 e. The lowest BCUT2D eigenvalue weighted by Gasteiger charge is -2.17. The average Bonchev–Trinajstić information content (AvgIpc) is 2.75. The molecular formula is C14H27NO.